The standard InChI is InChI=1S/C27H23N3O3S/c1-18-23(27(32)30-14-11-25-20(17-30)12-15-34-25)5-2-6-24(18)29-26(31)19-7-9-21(10-8-19)33-22-4-3-13-28-16-22/h2-10,12-13,15-16H,11,14,17H2,1H3,(H,29,31). The minimum atomic E-state index is -0.249. The number of hydrogen-bond acceptors (Lipinski definition) is 5. The molecule has 0 atom stereocenters. The summed E-state index contributed by atoms with van der Waals surface area (Å²) in [6, 6.07) is 18.0. The van der Waals surface area contributed by atoms with Gasteiger partial charge in [-0.25, -0.2) is 0 Å². The fourth-order valence-electron chi connectivity index (χ4n) is 4.01. The van der Waals surface area contributed by atoms with Crippen LogP contribution in [0.4, 0.5) is 5.69 Å². The van der Waals surface area contributed by atoms with Crippen molar-refractivity contribution in [2.45, 2.75) is 19.9 Å². The van der Waals surface area contributed by atoms with Gasteiger partial charge in [0.05, 0.1) is 6.20 Å². The van der Waals surface area contributed by atoms with Crippen LogP contribution in [0, 0.1) is 6.92 Å². The second-order valence-electron chi connectivity index (χ2n) is 8.09. The van der Waals surface area contributed by atoms with Gasteiger partial charge in [-0.05, 0) is 84.4 Å². The Hall–Kier alpha value is -3.97. The van der Waals surface area contributed by atoms with Crippen molar-refractivity contribution in [3.8, 4) is 11.5 Å². The lowest BCUT2D eigenvalue weighted by atomic mass is 10.0. The number of nitrogens with zero attached hydrogens (tertiary/aromatic N) is 2. The van der Waals surface area contributed by atoms with Gasteiger partial charge in [-0.1, -0.05) is 6.07 Å². The van der Waals surface area contributed by atoms with E-state index < -0.39 is 0 Å². The van der Waals surface area contributed by atoms with E-state index in [4.69, 9.17) is 4.74 Å². The minimum Gasteiger partial charge on any atom is -0.456 e. The number of thiophene rings is 1. The Morgan fingerprint density at radius 2 is 1.88 bits per heavy atom. The van der Waals surface area contributed by atoms with Gasteiger partial charge in [0, 0.05) is 41.0 Å². The van der Waals surface area contributed by atoms with E-state index >= 15 is 0 Å². The third kappa shape index (κ3) is 4.56. The van der Waals surface area contributed by atoms with E-state index in [2.05, 4.69) is 21.7 Å². The smallest absolute Gasteiger partial charge is 0.255 e. The number of anilines is 1. The van der Waals surface area contributed by atoms with E-state index in [0.717, 1.165) is 12.0 Å². The van der Waals surface area contributed by atoms with Crippen molar-refractivity contribution in [2.24, 2.45) is 0 Å². The number of fused-ring (bicyclic) bond motifs is 1. The van der Waals surface area contributed by atoms with Crippen LogP contribution in [0.15, 0.2) is 78.4 Å². The molecule has 1 aliphatic heterocycles. The summed E-state index contributed by atoms with van der Waals surface area (Å²) in [6.45, 7) is 3.20. The van der Waals surface area contributed by atoms with E-state index in [9.17, 15) is 9.59 Å². The van der Waals surface area contributed by atoms with E-state index in [1.807, 2.05) is 30.0 Å². The summed E-state index contributed by atoms with van der Waals surface area (Å²) in [5.41, 5.74) is 3.71. The Balaban J connectivity index is 1.28. The van der Waals surface area contributed by atoms with Gasteiger partial charge in [-0.3, -0.25) is 14.6 Å². The normalized spacial score (nSPS) is 12.7. The van der Waals surface area contributed by atoms with Crippen molar-refractivity contribution in [1.29, 1.82) is 0 Å². The zero-order chi connectivity index (χ0) is 23.5. The Morgan fingerprint density at radius 1 is 1.03 bits per heavy atom. The quantitative estimate of drug-likeness (QED) is 0.407. The first kappa shape index (κ1) is 21.9. The van der Waals surface area contributed by atoms with Crippen LogP contribution in [0.25, 0.3) is 0 Å². The van der Waals surface area contributed by atoms with Gasteiger partial charge in [-0.2, -0.15) is 0 Å². The van der Waals surface area contributed by atoms with E-state index in [1.165, 1.54) is 10.4 Å². The van der Waals surface area contributed by atoms with Crippen LogP contribution in [-0.4, -0.2) is 28.2 Å². The van der Waals surface area contributed by atoms with Gasteiger partial charge in [0.15, 0.2) is 0 Å². The van der Waals surface area contributed by atoms with Crippen LogP contribution in [0.3, 0.4) is 0 Å². The first-order valence-electron chi connectivity index (χ1n) is 11.0. The highest BCUT2D eigenvalue weighted by molar-refractivity contribution is 7.10. The summed E-state index contributed by atoms with van der Waals surface area (Å²) in [4.78, 5) is 33.4. The largest absolute Gasteiger partial charge is 0.456 e. The topological polar surface area (TPSA) is 71.5 Å². The number of amides is 2. The molecule has 5 rings (SSSR count). The molecule has 3 heterocycles. The third-order valence-corrected chi connectivity index (χ3v) is 6.92. The highest BCUT2D eigenvalue weighted by Crippen LogP contribution is 2.27. The highest BCUT2D eigenvalue weighted by Gasteiger charge is 2.24. The Morgan fingerprint density at radius 3 is 2.68 bits per heavy atom. The molecule has 2 aromatic heterocycles. The molecule has 170 valence electrons. The molecular formula is C27H23N3O3S. The van der Waals surface area contributed by atoms with Crippen LogP contribution in [0.2, 0.25) is 0 Å². The number of pyridine rings is 1. The molecule has 0 aliphatic carbocycles. The van der Waals surface area contributed by atoms with Crippen molar-refractivity contribution in [3.63, 3.8) is 0 Å². The molecule has 1 aliphatic rings. The van der Waals surface area contributed by atoms with E-state index in [0.29, 0.717) is 41.4 Å². The van der Waals surface area contributed by atoms with Gasteiger partial charge >= 0.3 is 0 Å². The lowest BCUT2D eigenvalue weighted by molar-refractivity contribution is 0.0735. The molecule has 0 fully saturated rings. The minimum absolute atomic E-state index is 0.0117. The Bertz CT molecular complexity index is 1330. The van der Waals surface area contributed by atoms with Crippen molar-refractivity contribution in [3.05, 3.63) is 106 Å². The first-order chi connectivity index (χ1) is 16.6. The van der Waals surface area contributed by atoms with E-state index in [1.54, 1.807) is 60.1 Å². The fourth-order valence-corrected chi connectivity index (χ4v) is 4.90. The highest BCUT2D eigenvalue weighted by atomic mass is 32.1. The molecule has 6 nitrogen and oxygen atoms in total. The molecule has 0 saturated carbocycles. The maximum atomic E-state index is 13.2. The fraction of sp³-hybridized carbons (Fsp3) is 0.148. The molecule has 0 unspecified atom stereocenters. The number of hydrogen-bond donors (Lipinski definition) is 1. The number of ether oxygens (including phenoxy) is 1. The monoisotopic (exact) mass is 469 g/mol. The van der Waals surface area contributed by atoms with Gasteiger partial charge in [-0.15, -0.1) is 11.3 Å². The van der Waals surface area contributed by atoms with Crippen molar-refractivity contribution in [1.82, 2.24) is 9.88 Å². The summed E-state index contributed by atoms with van der Waals surface area (Å²) in [6.07, 6.45) is 4.19. The molecule has 4 aromatic rings. The molecule has 1 N–H and O–H groups in total. The average Bonchev–Trinajstić information content (AvgIpc) is 3.34. The number of rotatable bonds is 5. The number of nitrogens with one attached hydrogen (secondary N) is 1. The molecular weight excluding hydrogens is 446 g/mol. The lowest BCUT2D eigenvalue weighted by Crippen LogP contribution is -2.35. The number of benzene rings is 2. The number of aromatic nitrogens is 1. The van der Waals surface area contributed by atoms with Crippen molar-refractivity contribution < 1.29 is 14.3 Å². The number of carbonyl (C=O) groups excluding carboxylic acids is 2. The first-order valence-corrected chi connectivity index (χ1v) is 11.9. The SMILES string of the molecule is Cc1c(NC(=O)c2ccc(Oc3cccnc3)cc2)cccc1C(=O)N1CCc2sccc2C1. The predicted octanol–water partition coefficient (Wildman–Crippen LogP) is 5.69. The molecule has 0 bridgehead atoms. The van der Waals surface area contributed by atoms with Crippen molar-refractivity contribution >= 4 is 28.8 Å². The molecule has 34 heavy (non-hydrogen) atoms. The number of carbonyl (C=O) groups is 2. The van der Waals surface area contributed by atoms with Crippen LogP contribution >= 0.6 is 11.3 Å². The summed E-state index contributed by atoms with van der Waals surface area (Å²) in [5.74, 6) is 0.980. The molecule has 0 radical (unpaired) electrons. The van der Waals surface area contributed by atoms with Gasteiger partial charge < -0.3 is 15.0 Å². The molecule has 0 saturated heterocycles. The average molecular weight is 470 g/mol. The summed E-state index contributed by atoms with van der Waals surface area (Å²) < 4.78 is 5.73. The van der Waals surface area contributed by atoms with Crippen LogP contribution in [0.5, 0.6) is 11.5 Å². The Labute approximate surface area is 201 Å². The molecule has 0 spiro atoms. The lowest BCUT2D eigenvalue weighted by Gasteiger charge is -2.28. The van der Waals surface area contributed by atoms with Crippen molar-refractivity contribution in [2.75, 3.05) is 11.9 Å². The zero-order valence-electron chi connectivity index (χ0n) is 18.7. The molecule has 7 heteroatoms. The van der Waals surface area contributed by atoms with Crippen LogP contribution in [-0.2, 0) is 13.0 Å². The molecule has 2 amide bonds. The third-order valence-electron chi connectivity index (χ3n) is 5.89. The zero-order valence-corrected chi connectivity index (χ0v) is 19.5. The summed E-state index contributed by atoms with van der Waals surface area (Å²) in [7, 11) is 0. The van der Waals surface area contributed by atoms with Gasteiger partial charge in [0.1, 0.15) is 11.5 Å². The maximum Gasteiger partial charge on any atom is 0.255 e. The summed E-state index contributed by atoms with van der Waals surface area (Å²) in [5, 5.41) is 5.03. The van der Waals surface area contributed by atoms with Gasteiger partial charge in [0.2, 0.25) is 0 Å². The van der Waals surface area contributed by atoms with Gasteiger partial charge in [0.25, 0.3) is 11.8 Å². The molecule has 2 aromatic carbocycles. The van der Waals surface area contributed by atoms with Crippen LogP contribution < -0.4 is 10.1 Å². The predicted molar refractivity (Wildman–Crippen MR) is 133 cm³/mol. The Kier molecular flexibility index (Phi) is 6.10. The second-order valence-corrected chi connectivity index (χ2v) is 9.09. The maximum absolute atomic E-state index is 13.2. The summed E-state index contributed by atoms with van der Waals surface area (Å²) >= 11 is 1.75. The van der Waals surface area contributed by atoms with E-state index in [-0.39, 0.29) is 11.8 Å². The second kappa shape index (κ2) is 9.49. The van der Waals surface area contributed by atoms with Crippen LogP contribution in [0.1, 0.15) is 36.7 Å².